The van der Waals surface area contributed by atoms with Crippen LogP contribution in [0.25, 0.3) is 5.57 Å². The number of thioether (sulfide) groups is 1. The number of imide groups is 1. The van der Waals surface area contributed by atoms with Crippen molar-refractivity contribution in [1.29, 1.82) is 0 Å². The van der Waals surface area contributed by atoms with Gasteiger partial charge in [-0.1, -0.05) is 48.5 Å². The van der Waals surface area contributed by atoms with Gasteiger partial charge in [-0.2, -0.15) is 0 Å². The van der Waals surface area contributed by atoms with E-state index in [0.717, 1.165) is 11.1 Å². The fourth-order valence-corrected chi connectivity index (χ4v) is 4.69. The molecule has 0 aliphatic carbocycles. The molecule has 0 fully saturated rings. The van der Waals surface area contributed by atoms with Gasteiger partial charge in [0.2, 0.25) is 0 Å². The molecular weight excluding hydrogens is 422 g/mol. The Morgan fingerprint density at radius 1 is 0.812 bits per heavy atom. The Bertz CT molecular complexity index is 1200. The van der Waals surface area contributed by atoms with Crippen molar-refractivity contribution in [3.05, 3.63) is 94.4 Å². The van der Waals surface area contributed by atoms with E-state index in [0.29, 0.717) is 39.0 Å². The molecule has 1 heterocycles. The summed E-state index contributed by atoms with van der Waals surface area (Å²) in [6, 6.07) is 22.5. The third-order valence-corrected chi connectivity index (χ3v) is 6.34. The van der Waals surface area contributed by atoms with Crippen LogP contribution in [0.5, 0.6) is 11.5 Å². The van der Waals surface area contributed by atoms with Crippen molar-refractivity contribution in [1.82, 2.24) is 0 Å². The van der Waals surface area contributed by atoms with Gasteiger partial charge in [0.1, 0.15) is 0 Å². The Balaban J connectivity index is 1.79. The topological polar surface area (TPSA) is 55.8 Å². The van der Waals surface area contributed by atoms with Crippen molar-refractivity contribution < 1.29 is 19.1 Å². The maximum absolute atomic E-state index is 13.6. The molecule has 162 valence electrons. The van der Waals surface area contributed by atoms with Gasteiger partial charge in [-0.25, -0.2) is 4.90 Å². The van der Waals surface area contributed by atoms with Crippen LogP contribution in [0.3, 0.4) is 0 Å². The zero-order valence-electron chi connectivity index (χ0n) is 18.1. The Kier molecular flexibility index (Phi) is 6.32. The normalized spacial score (nSPS) is 13.7. The van der Waals surface area contributed by atoms with Crippen molar-refractivity contribution in [2.75, 3.05) is 19.1 Å². The molecule has 1 aliphatic rings. The molecule has 3 aromatic rings. The molecule has 0 N–H and O–H groups in total. The lowest BCUT2D eigenvalue weighted by Gasteiger charge is -2.16. The highest BCUT2D eigenvalue weighted by atomic mass is 32.2. The quantitative estimate of drug-likeness (QED) is 0.466. The lowest BCUT2D eigenvalue weighted by atomic mass is 10.1. The molecule has 2 amide bonds. The number of benzene rings is 3. The first-order valence-corrected chi connectivity index (χ1v) is 11.1. The summed E-state index contributed by atoms with van der Waals surface area (Å²) < 4.78 is 10.8. The van der Waals surface area contributed by atoms with Gasteiger partial charge in [-0.3, -0.25) is 9.59 Å². The zero-order chi connectivity index (χ0) is 22.7. The maximum atomic E-state index is 13.6. The number of methoxy groups -OCH3 is 2. The summed E-state index contributed by atoms with van der Waals surface area (Å²) in [5.41, 5.74) is 3.60. The standard InChI is InChI=1S/C26H23NO4S/c1-17-8-7-11-20(14-17)27-25(28)23(19-12-13-21(30-2)22(15-19)31-3)24(26(27)29)32-16-18-9-5-4-6-10-18/h4-15H,16H2,1-3H3. The van der Waals surface area contributed by atoms with Crippen molar-refractivity contribution in [3.8, 4) is 11.5 Å². The molecule has 32 heavy (non-hydrogen) atoms. The Morgan fingerprint density at radius 3 is 2.25 bits per heavy atom. The summed E-state index contributed by atoms with van der Waals surface area (Å²) in [6.07, 6.45) is 0. The van der Waals surface area contributed by atoms with E-state index in [1.54, 1.807) is 38.5 Å². The average molecular weight is 446 g/mol. The highest BCUT2D eigenvalue weighted by Crippen LogP contribution is 2.41. The van der Waals surface area contributed by atoms with Crippen LogP contribution in [0.2, 0.25) is 0 Å². The Labute approximate surface area is 191 Å². The van der Waals surface area contributed by atoms with Crippen molar-refractivity contribution in [2.45, 2.75) is 12.7 Å². The van der Waals surface area contributed by atoms with Crippen LogP contribution >= 0.6 is 11.8 Å². The molecule has 6 heteroatoms. The molecular formula is C26H23NO4S. The van der Waals surface area contributed by atoms with Gasteiger partial charge in [0.25, 0.3) is 11.8 Å². The van der Waals surface area contributed by atoms with E-state index in [-0.39, 0.29) is 11.8 Å². The first-order valence-electron chi connectivity index (χ1n) is 10.1. The van der Waals surface area contributed by atoms with Crippen LogP contribution in [0.4, 0.5) is 5.69 Å². The van der Waals surface area contributed by atoms with E-state index in [9.17, 15) is 9.59 Å². The van der Waals surface area contributed by atoms with Gasteiger partial charge in [0.05, 0.1) is 30.4 Å². The lowest BCUT2D eigenvalue weighted by molar-refractivity contribution is -0.119. The number of aryl methyl sites for hydroxylation is 1. The highest BCUT2D eigenvalue weighted by Gasteiger charge is 2.40. The van der Waals surface area contributed by atoms with E-state index in [2.05, 4.69) is 0 Å². The molecule has 0 bridgehead atoms. The minimum Gasteiger partial charge on any atom is -0.493 e. The Hall–Kier alpha value is -3.51. The average Bonchev–Trinajstić information content (AvgIpc) is 3.07. The molecule has 0 unspecified atom stereocenters. The summed E-state index contributed by atoms with van der Waals surface area (Å²) in [6.45, 7) is 1.93. The molecule has 0 atom stereocenters. The lowest BCUT2D eigenvalue weighted by Crippen LogP contribution is -2.31. The Morgan fingerprint density at radius 2 is 1.56 bits per heavy atom. The van der Waals surface area contributed by atoms with Gasteiger partial charge >= 0.3 is 0 Å². The number of carbonyl (C=O) groups excluding carboxylic acids is 2. The van der Waals surface area contributed by atoms with Gasteiger partial charge in [0, 0.05) is 5.75 Å². The second-order valence-electron chi connectivity index (χ2n) is 7.33. The minimum absolute atomic E-state index is 0.314. The van der Waals surface area contributed by atoms with E-state index in [1.165, 1.54) is 16.7 Å². The maximum Gasteiger partial charge on any atom is 0.272 e. The van der Waals surface area contributed by atoms with Crippen LogP contribution in [-0.4, -0.2) is 26.0 Å². The van der Waals surface area contributed by atoms with Gasteiger partial charge < -0.3 is 9.47 Å². The van der Waals surface area contributed by atoms with Crippen LogP contribution in [0.1, 0.15) is 16.7 Å². The smallest absolute Gasteiger partial charge is 0.272 e. The summed E-state index contributed by atoms with van der Waals surface area (Å²) >= 11 is 1.37. The first kappa shape index (κ1) is 21.7. The predicted octanol–water partition coefficient (Wildman–Crippen LogP) is 5.23. The SMILES string of the molecule is COc1ccc(C2=C(SCc3ccccc3)C(=O)N(c3cccc(C)c3)C2=O)cc1OC. The van der Waals surface area contributed by atoms with Crippen LogP contribution in [-0.2, 0) is 15.3 Å². The van der Waals surface area contributed by atoms with Gasteiger partial charge in [-0.05, 0) is 47.9 Å². The molecule has 5 nitrogen and oxygen atoms in total. The number of rotatable bonds is 7. The summed E-state index contributed by atoms with van der Waals surface area (Å²) in [5.74, 6) is 0.977. The second kappa shape index (κ2) is 9.32. The number of anilines is 1. The fraction of sp³-hybridized carbons (Fsp3) is 0.154. The number of ether oxygens (including phenoxy) is 2. The molecule has 4 rings (SSSR count). The number of nitrogens with zero attached hydrogens (tertiary/aromatic N) is 1. The van der Waals surface area contributed by atoms with Gasteiger partial charge in [-0.15, -0.1) is 11.8 Å². The van der Waals surface area contributed by atoms with Crippen LogP contribution < -0.4 is 14.4 Å². The summed E-state index contributed by atoms with van der Waals surface area (Å²) in [5, 5.41) is 0. The first-order chi connectivity index (χ1) is 15.5. The largest absolute Gasteiger partial charge is 0.493 e. The van der Waals surface area contributed by atoms with E-state index in [1.807, 2.05) is 55.5 Å². The molecule has 0 saturated carbocycles. The highest BCUT2D eigenvalue weighted by molar-refractivity contribution is 8.03. The molecule has 0 aromatic heterocycles. The molecule has 0 saturated heterocycles. The van der Waals surface area contributed by atoms with E-state index < -0.39 is 0 Å². The summed E-state index contributed by atoms with van der Waals surface area (Å²) in [4.78, 5) is 28.7. The number of carbonyl (C=O) groups is 2. The fourth-order valence-electron chi connectivity index (χ4n) is 3.62. The summed E-state index contributed by atoms with van der Waals surface area (Å²) in [7, 11) is 3.10. The number of amides is 2. The van der Waals surface area contributed by atoms with Crippen molar-refractivity contribution in [2.24, 2.45) is 0 Å². The molecule has 0 spiro atoms. The predicted molar refractivity (Wildman–Crippen MR) is 128 cm³/mol. The number of hydrogen-bond donors (Lipinski definition) is 0. The second-order valence-corrected chi connectivity index (χ2v) is 8.32. The van der Waals surface area contributed by atoms with Crippen LogP contribution in [0.15, 0.2) is 77.7 Å². The van der Waals surface area contributed by atoms with Gasteiger partial charge in [0.15, 0.2) is 11.5 Å². The van der Waals surface area contributed by atoms with E-state index >= 15 is 0 Å². The number of hydrogen-bond acceptors (Lipinski definition) is 5. The molecule has 1 aliphatic heterocycles. The van der Waals surface area contributed by atoms with E-state index in [4.69, 9.17) is 9.47 Å². The third kappa shape index (κ3) is 4.14. The minimum atomic E-state index is -0.344. The monoisotopic (exact) mass is 445 g/mol. The van der Waals surface area contributed by atoms with Crippen LogP contribution in [0, 0.1) is 6.92 Å². The molecule has 0 radical (unpaired) electrons. The third-order valence-electron chi connectivity index (χ3n) is 5.20. The zero-order valence-corrected chi connectivity index (χ0v) is 18.9. The van der Waals surface area contributed by atoms with Crippen molar-refractivity contribution >= 4 is 34.8 Å². The van der Waals surface area contributed by atoms with Crippen molar-refractivity contribution in [3.63, 3.8) is 0 Å². The molecule has 3 aromatic carbocycles.